The van der Waals surface area contributed by atoms with E-state index in [9.17, 15) is 4.79 Å². The third kappa shape index (κ3) is 3.86. The number of hydrogen-bond acceptors (Lipinski definition) is 4. The molecule has 112 valence electrons. The van der Waals surface area contributed by atoms with Crippen LogP contribution in [0.4, 0.5) is 5.69 Å². The molecule has 2 aromatic rings. The lowest BCUT2D eigenvalue weighted by atomic mass is 10.1. The van der Waals surface area contributed by atoms with Gasteiger partial charge in [0, 0.05) is 32.5 Å². The molecule has 0 fully saturated rings. The summed E-state index contributed by atoms with van der Waals surface area (Å²) in [7, 11) is 5.47. The molecule has 1 atom stereocenters. The average Bonchev–Trinajstić information content (AvgIpc) is 3.02. The third-order valence-electron chi connectivity index (χ3n) is 3.22. The lowest BCUT2D eigenvalue weighted by molar-refractivity contribution is 0.0738. The molecule has 1 aromatic carbocycles. The lowest BCUT2D eigenvalue weighted by Gasteiger charge is -2.15. The summed E-state index contributed by atoms with van der Waals surface area (Å²) in [6.07, 6.45) is 1.30. The number of furan rings is 1. The van der Waals surface area contributed by atoms with Crippen LogP contribution >= 0.6 is 0 Å². The number of rotatable bonds is 6. The molecule has 1 heterocycles. The SMILES string of the molecule is CO[C@@H](CNC(=O)c1cccc(N(C)C)c1)c1ccco1. The molecule has 0 aliphatic carbocycles. The highest BCUT2D eigenvalue weighted by molar-refractivity contribution is 5.95. The van der Waals surface area contributed by atoms with Crippen LogP contribution in [0, 0.1) is 0 Å². The first kappa shape index (κ1) is 15.1. The molecule has 0 aliphatic heterocycles. The highest BCUT2D eigenvalue weighted by atomic mass is 16.5. The van der Waals surface area contributed by atoms with Crippen molar-refractivity contribution in [2.24, 2.45) is 0 Å². The molecular formula is C16H20N2O3. The van der Waals surface area contributed by atoms with Crippen LogP contribution in [0.25, 0.3) is 0 Å². The molecule has 21 heavy (non-hydrogen) atoms. The van der Waals surface area contributed by atoms with Crippen molar-refractivity contribution in [1.82, 2.24) is 5.32 Å². The topological polar surface area (TPSA) is 54.7 Å². The Balaban J connectivity index is 1.99. The first-order valence-corrected chi connectivity index (χ1v) is 6.73. The summed E-state index contributed by atoms with van der Waals surface area (Å²) < 4.78 is 10.6. The molecule has 0 radical (unpaired) electrons. The van der Waals surface area contributed by atoms with E-state index in [0.29, 0.717) is 17.9 Å². The van der Waals surface area contributed by atoms with Gasteiger partial charge in [0.25, 0.3) is 5.91 Å². The summed E-state index contributed by atoms with van der Waals surface area (Å²) in [5.41, 5.74) is 1.60. The van der Waals surface area contributed by atoms with E-state index in [2.05, 4.69) is 5.32 Å². The van der Waals surface area contributed by atoms with E-state index >= 15 is 0 Å². The fourth-order valence-corrected chi connectivity index (χ4v) is 1.99. The minimum Gasteiger partial charge on any atom is -0.467 e. The molecule has 0 unspecified atom stereocenters. The largest absolute Gasteiger partial charge is 0.467 e. The number of benzene rings is 1. The predicted molar refractivity (Wildman–Crippen MR) is 81.6 cm³/mol. The van der Waals surface area contributed by atoms with Gasteiger partial charge in [-0.15, -0.1) is 0 Å². The van der Waals surface area contributed by atoms with E-state index in [1.807, 2.05) is 43.3 Å². The molecule has 1 amide bonds. The average molecular weight is 288 g/mol. The van der Waals surface area contributed by atoms with E-state index in [-0.39, 0.29) is 12.0 Å². The van der Waals surface area contributed by atoms with Crippen LogP contribution in [0.3, 0.4) is 0 Å². The van der Waals surface area contributed by atoms with Crippen LogP contribution in [0.2, 0.25) is 0 Å². The quantitative estimate of drug-likeness (QED) is 0.887. The monoisotopic (exact) mass is 288 g/mol. The zero-order chi connectivity index (χ0) is 15.2. The first-order valence-electron chi connectivity index (χ1n) is 6.73. The number of amides is 1. The van der Waals surface area contributed by atoms with Crippen molar-refractivity contribution >= 4 is 11.6 Å². The molecule has 0 bridgehead atoms. The zero-order valence-corrected chi connectivity index (χ0v) is 12.5. The van der Waals surface area contributed by atoms with Gasteiger partial charge >= 0.3 is 0 Å². The van der Waals surface area contributed by atoms with Crippen molar-refractivity contribution in [3.05, 3.63) is 54.0 Å². The maximum Gasteiger partial charge on any atom is 0.251 e. The Morgan fingerprint density at radius 2 is 2.14 bits per heavy atom. The van der Waals surface area contributed by atoms with Crippen molar-refractivity contribution in [3.63, 3.8) is 0 Å². The Labute approximate surface area is 124 Å². The van der Waals surface area contributed by atoms with Crippen LogP contribution in [-0.4, -0.2) is 33.7 Å². The lowest BCUT2D eigenvalue weighted by Crippen LogP contribution is -2.29. The van der Waals surface area contributed by atoms with Gasteiger partial charge in [0.1, 0.15) is 11.9 Å². The van der Waals surface area contributed by atoms with Gasteiger partial charge in [0.2, 0.25) is 0 Å². The second kappa shape index (κ2) is 6.95. The summed E-state index contributed by atoms with van der Waals surface area (Å²) >= 11 is 0. The Bertz CT molecular complexity index is 579. The van der Waals surface area contributed by atoms with Gasteiger partial charge in [0.05, 0.1) is 12.8 Å². The number of ether oxygens (including phenoxy) is 1. The van der Waals surface area contributed by atoms with Crippen LogP contribution in [0.5, 0.6) is 0 Å². The first-order chi connectivity index (χ1) is 10.1. The van der Waals surface area contributed by atoms with Crippen molar-refractivity contribution in [2.75, 3.05) is 32.6 Å². The van der Waals surface area contributed by atoms with Crippen molar-refractivity contribution in [2.45, 2.75) is 6.10 Å². The molecule has 1 aromatic heterocycles. The number of hydrogen-bond donors (Lipinski definition) is 1. The van der Waals surface area contributed by atoms with E-state index in [4.69, 9.17) is 9.15 Å². The molecule has 0 spiro atoms. The van der Waals surface area contributed by atoms with E-state index in [0.717, 1.165) is 5.69 Å². The van der Waals surface area contributed by atoms with Crippen LogP contribution < -0.4 is 10.2 Å². The van der Waals surface area contributed by atoms with Crippen molar-refractivity contribution in [1.29, 1.82) is 0 Å². The summed E-state index contributed by atoms with van der Waals surface area (Å²) in [5.74, 6) is 0.562. The number of carbonyl (C=O) groups excluding carboxylic acids is 1. The third-order valence-corrected chi connectivity index (χ3v) is 3.22. The van der Waals surface area contributed by atoms with E-state index < -0.39 is 0 Å². The molecule has 0 aliphatic rings. The summed E-state index contributed by atoms with van der Waals surface area (Å²) in [6.45, 7) is 0.356. The van der Waals surface area contributed by atoms with Crippen LogP contribution in [-0.2, 0) is 4.74 Å². The Kier molecular flexibility index (Phi) is 5.00. The van der Waals surface area contributed by atoms with Crippen LogP contribution in [0.15, 0.2) is 47.1 Å². The summed E-state index contributed by atoms with van der Waals surface area (Å²) in [5, 5.41) is 2.86. The molecular weight excluding hydrogens is 268 g/mol. The maximum atomic E-state index is 12.2. The summed E-state index contributed by atoms with van der Waals surface area (Å²) in [6, 6.07) is 11.1. The molecule has 5 nitrogen and oxygen atoms in total. The van der Waals surface area contributed by atoms with E-state index in [1.165, 1.54) is 0 Å². The van der Waals surface area contributed by atoms with Gasteiger partial charge in [-0.1, -0.05) is 6.07 Å². The molecule has 0 saturated carbocycles. The van der Waals surface area contributed by atoms with Gasteiger partial charge in [-0.05, 0) is 30.3 Å². The number of carbonyl (C=O) groups is 1. The number of anilines is 1. The highest BCUT2D eigenvalue weighted by Crippen LogP contribution is 2.17. The summed E-state index contributed by atoms with van der Waals surface area (Å²) in [4.78, 5) is 14.1. The Hall–Kier alpha value is -2.27. The Morgan fingerprint density at radius 1 is 1.33 bits per heavy atom. The minimum atomic E-state index is -0.291. The number of methoxy groups -OCH3 is 1. The molecule has 2 rings (SSSR count). The van der Waals surface area contributed by atoms with Crippen molar-refractivity contribution < 1.29 is 13.9 Å². The Morgan fingerprint density at radius 3 is 2.76 bits per heavy atom. The van der Waals surface area contributed by atoms with Gasteiger partial charge in [0.15, 0.2) is 0 Å². The highest BCUT2D eigenvalue weighted by Gasteiger charge is 2.15. The normalized spacial score (nSPS) is 12.0. The number of nitrogens with one attached hydrogen (secondary N) is 1. The number of nitrogens with zero attached hydrogens (tertiary/aromatic N) is 1. The van der Waals surface area contributed by atoms with E-state index in [1.54, 1.807) is 25.5 Å². The maximum absolute atomic E-state index is 12.2. The smallest absolute Gasteiger partial charge is 0.251 e. The molecule has 1 N–H and O–H groups in total. The van der Waals surface area contributed by atoms with Crippen LogP contribution in [0.1, 0.15) is 22.2 Å². The van der Waals surface area contributed by atoms with Gasteiger partial charge in [-0.3, -0.25) is 4.79 Å². The van der Waals surface area contributed by atoms with Gasteiger partial charge in [-0.2, -0.15) is 0 Å². The standard InChI is InChI=1S/C16H20N2O3/c1-18(2)13-7-4-6-12(10-13)16(19)17-11-15(20-3)14-8-5-9-21-14/h4-10,15H,11H2,1-3H3,(H,17,19)/t15-/m0/s1. The van der Waals surface area contributed by atoms with Gasteiger partial charge < -0.3 is 19.4 Å². The van der Waals surface area contributed by atoms with Gasteiger partial charge in [-0.25, -0.2) is 0 Å². The fourth-order valence-electron chi connectivity index (χ4n) is 1.99. The predicted octanol–water partition coefficient (Wildman–Crippen LogP) is 2.46. The minimum absolute atomic E-state index is 0.132. The second-order valence-electron chi connectivity index (χ2n) is 4.89. The zero-order valence-electron chi connectivity index (χ0n) is 12.5. The second-order valence-corrected chi connectivity index (χ2v) is 4.89. The van der Waals surface area contributed by atoms with Crippen molar-refractivity contribution in [3.8, 4) is 0 Å². The fraction of sp³-hybridized carbons (Fsp3) is 0.312. The molecule has 5 heteroatoms. The molecule has 0 saturated heterocycles.